The zero-order valence-corrected chi connectivity index (χ0v) is 9.98. The van der Waals surface area contributed by atoms with Crippen molar-refractivity contribution in [1.82, 2.24) is 0 Å². The highest BCUT2D eigenvalue weighted by Crippen LogP contribution is 2.34. The first-order valence-electron chi connectivity index (χ1n) is 6.35. The average Bonchev–Trinajstić information content (AvgIpc) is 2.27. The van der Waals surface area contributed by atoms with Gasteiger partial charge >= 0.3 is 0 Å². The molecule has 1 aliphatic rings. The Morgan fingerprint density at radius 2 is 2.06 bits per heavy atom. The maximum atomic E-state index is 13.7. The molecular weight excluding hydrogens is 217 g/mol. The van der Waals surface area contributed by atoms with Crippen molar-refractivity contribution in [3.63, 3.8) is 0 Å². The molecule has 0 radical (unpaired) electrons. The standard InChI is InChI=1S/C14H20FNO/c15-13-7-2-1-6-11(13)12(9-16)14(17)8-10-4-3-5-10/h1-2,6-7,10,12,14,17H,3-5,8-9,16H2. The van der Waals surface area contributed by atoms with Crippen LogP contribution < -0.4 is 5.73 Å². The molecule has 1 aromatic carbocycles. The molecule has 0 saturated heterocycles. The van der Waals surface area contributed by atoms with E-state index >= 15 is 0 Å². The van der Waals surface area contributed by atoms with Gasteiger partial charge in [0.15, 0.2) is 0 Å². The van der Waals surface area contributed by atoms with Crippen LogP contribution in [0.3, 0.4) is 0 Å². The van der Waals surface area contributed by atoms with Crippen LogP contribution in [0.4, 0.5) is 4.39 Å². The van der Waals surface area contributed by atoms with E-state index in [1.807, 2.05) is 0 Å². The van der Waals surface area contributed by atoms with Gasteiger partial charge < -0.3 is 10.8 Å². The summed E-state index contributed by atoms with van der Waals surface area (Å²) in [5.41, 5.74) is 6.23. The van der Waals surface area contributed by atoms with Crippen molar-refractivity contribution < 1.29 is 9.50 Å². The molecule has 0 heterocycles. The third-order valence-corrected chi connectivity index (χ3v) is 3.82. The van der Waals surface area contributed by atoms with Crippen LogP contribution in [0, 0.1) is 11.7 Å². The van der Waals surface area contributed by atoms with E-state index in [4.69, 9.17) is 5.73 Å². The number of halogens is 1. The topological polar surface area (TPSA) is 46.2 Å². The number of hydrogen-bond donors (Lipinski definition) is 2. The van der Waals surface area contributed by atoms with Crippen LogP contribution in [0.25, 0.3) is 0 Å². The molecule has 0 bridgehead atoms. The summed E-state index contributed by atoms with van der Waals surface area (Å²) in [6.07, 6.45) is 3.85. The third kappa shape index (κ3) is 2.85. The van der Waals surface area contributed by atoms with Gasteiger partial charge in [0.25, 0.3) is 0 Å². The number of benzene rings is 1. The molecule has 1 aliphatic carbocycles. The second-order valence-corrected chi connectivity index (χ2v) is 4.96. The molecule has 17 heavy (non-hydrogen) atoms. The monoisotopic (exact) mass is 237 g/mol. The van der Waals surface area contributed by atoms with Crippen LogP contribution in [0.5, 0.6) is 0 Å². The van der Waals surface area contributed by atoms with E-state index in [0.29, 0.717) is 11.5 Å². The van der Waals surface area contributed by atoms with Gasteiger partial charge in [-0.3, -0.25) is 0 Å². The van der Waals surface area contributed by atoms with E-state index in [0.717, 1.165) is 6.42 Å². The number of nitrogens with two attached hydrogens (primary N) is 1. The molecule has 1 aromatic rings. The lowest BCUT2D eigenvalue weighted by Crippen LogP contribution is -2.30. The van der Waals surface area contributed by atoms with Crippen molar-refractivity contribution in [2.75, 3.05) is 6.54 Å². The van der Waals surface area contributed by atoms with Gasteiger partial charge in [-0.15, -0.1) is 0 Å². The van der Waals surface area contributed by atoms with E-state index in [9.17, 15) is 9.50 Å². The average molecular weight is 237 g/mol. The lowest BCUT2D eigenvalue weighted by atomic mass is 9.78. The van der Waals surface area contributed by atoms with Crippen molar-refractivity contribution in [2.45, 2.75) is 37.7 Å². The molecule has 1 fully saturated rings. The Morgan fingerprint density at radius 1 is 1.35 bits per heavy atom. The summed E-state index contributed by atoms with van der Waals surface area (Å²) in [4.78, 5) is 0. The normalized spacial score (nSPS) is 19.7. The van der Waals surface area contributed by atoms with Gasteiger partial charge in [0.05, 0.1) is 6.10 Å². The largest absolute Gasteiger partial charge is 0.392 e. The highest BCUT2D eigenvalue weighted by Gasteiger charge is 2.27. The van der Waals surface area contributed by atoms with Crippen LogP contribution in [-0.2, 0) is 0 Å². The Kier molecular flexibility index (Phi) is 4.13. The molecule has 0 spiro atoms. The minimum absolute atomic E-state index is 0.268. The zero-order valence-electron chi connectivity index (χ0n) is 9.98. The number of rotatable bonds is 5. The van der Waals surface area contributed by atoms with Crippen molar-refractivity contribution in [3.8, 4) is 0 Å². The van der Waals surface area contributed by atoms with E-state index < -0.39 is 6.10 Å². The Bertz CT molecular complexity index is 365. The predicted molar refractivity (Wildman–Crippen MR) is 66.2 cm³/mol. The Morgan fingerprint density at radius 3 is 2.59 bits per heavy atom. The first-order valence-corrected chi connectivity index (χ1v) is 6.35. The van der Waals surface area contributed by atoms with E-state index in [1.165, 1.54) is 25.3 Å². The highest BCUT2D eigenvalue weighted by molar-refractivity contribution is 5.23. The lowest BCUT2D eigenvalue weighted by Gasteiger charge is -2.31. The van der Waals surface area contributed by atoms with Crippen LogP contribution in [0.2, 0.25) is 0 Å². The van der Waals surface area contributed by atoms with Gasteiger partial charge in [0, 0.05) is 12.5 Å². The quantitative estimate of drug-likeness (QED) is 0.826. The van der Waals surface area contributed by atoms with E-state index in [-0.39, 0.29) is 18.3 Å². The summed E-state index contributed by atoms with van der Waals surface area (Å²) in [6.45, 7) is 0.287. The molecule has 2 atom stereocenters. The highest BCUT2D eigenvalue weighted by atomic mass is 19.1. The third-order valence-electron chi connectivity index (χ3n) is 3.82. The number of aliphatic hydroxyl groups is 1. The summed E-state index contributed by atoms with van der Waals surface area (Å²) in [7, 11) is 0. The first kappa shape index (κ1) is 12.5. The summed E-state index contributed by atoms with van der Waals surface area (Å²) in [5.74, 6) is 0.0539. The molecule has 2 nitrogen and oxygen atoms in total. The van der Waals surface area contributed by atoms with Crippen LogP contribution in [0.15, 0.2) is 24.3 Å². The van der Waals surface area contributed by atoms with E-state index in [1.54, 1.807) is 18.2 Å². The minimum atomic E-state index is -0.526. The van der Waals surface area contributed by atoms with E-state index in [2.05, 4.69) is 0 Å². The van der Waals surface area contributed by atoms with Crippen molar-refractivity contribution >= 4 is 0 Å². The molecular formula is C14H20FNO. The molecule has 1 saturated carbocycles. The van der Waals surface area contributed by atoms with Gasteiger partial charge in [-0.2, -0.15) is 0 Å². The first-order chi connectivity index (χ1) is 8.22. The molecule has 0 amide bonds. The molecule has 94 valence electrons. The fourth-order valence-corrected chi connectivity index (χ4v) is 2.50. The molecule has 3 heteroatoms. The maximum Gasteiger partial charge on any atom is 0.126 e. The van der Waals surface area contributed by atoms with Crippen LogP contribution in [0.1, 0.15) is 37.2 Å². The zero-order chi connectivity index (χ0) is 12.3. The van der Waals surface area contributed by atoms with Crippen LogP contribution >= 0.6 is 0 Å². The number of hydrogen-bond acceptors (Lipinski definition) is 2. The lowest BCUT2D eigenvalue weighted by molar-refractivity contribution is 0.0940. The Hall–Kier alpha value is -0.930. The predicted octanol–water partition coefficient (Wildman–Crippen LogP) is 2.42. The summed E-state index contributed by atoms with van der Waals surface area (Å²) >= 11 is 0. The van der Waals surface area contributed by atoms with Gasteiger partial charge in [-0.25, -0.2) is 4.39 Å². The van der Waals surface area contributed by atoms with Gasteiger partial charge in [0.2, 0.25) is 0 Å². The molecule has 0 aliphatic heterocycles. The summed E-state index contributed by atoms with van der Waals surface area (Å²) in [6, 6.07) is 6.59. The van der Waals surface area contributed by atoms with Crippen molar-refractivity contribution in [2.24, 2.45) is 11.7 Å². The molecule has 2 unspecified atom stereocenters. The SMILES string of the molecule is NCC(c1ccccc1F)C(O)CC1CCC1. The van der Waals surface area contributed by atoms with Crippen molar-refractivity contribution in [3.05, 3.63) is 35.6 Å². The molecule has 0 aromatic heterocycles. The second-order valence-electron chi connectivity index (χ2n) is 4.96. The Balaban J connectivity index is 2.06. The Labute approximate surface area is 102 Å². The fourth-order valence-electron chi connectivity index (χ4n) is 2.50. The maximum absolute atomic E-state index is 13.7. The minimum Gasteiger partial charge on any atom is -0.392 e. The second kappa shape index (κ2) is 5.61. The summed E-state index contributed by atoms with van der Waals surface area (Å²) in [5, 5.41) is 10.2. The van der Waals surface area contributed by atoms with Crippen molar-refractivity contribution in [1.29, 1.82) is 0 Å². The fraction of sp³-hybridized carbons (Fsp3) is 0.571. The smallest absolute Gasteiger partial charge is 0.126 e. The molecule has 3 N–H and O–H groups in total. The number of aliphatic hydroxyl groups excluding tert-OH is 1. The van der Waals surface area contributed by atoms with Crippen LogP contribution in [-0.4, -0.2) is 17.8 Å². The van der Waals surface area contributed by atoms with Gasteiger partial charge in [-0.05, 0) is 24.0 Å². The van der Waals surface area contributed by atoms with Gasteiger partial charge in [0.1, 0.15) is 5.82 Å². The van der Waals surface area contributed by atoms with Gasteiger partial charge in [-0.1, -0.05) is 37.5 Å². The molecule has 2 rings (SSSR count). The summed E-state index contributed by atoms with van der Waals surface area (Å²) < 4.78 is 13.7.